The van der Waals surface area contributed by atoms with Crippen LogP contribution in [0.2, 0.25) is 5.02 Å². The third-order valence-electron chi connectivity index (χ3n) is 4.17. The van der Waals surface area contributed by atoms with Crippen molar-refractivity contribution in [2.75, 3.05) is 13.1 Å². The molecule has 0 aliphatic carbocycles. The van der Waals surface area contributed by atoms with Gasteiger partial charge in [0.25, 0.3) is 0 Å². The van der Waals surface area contributed by atoms with Crippen molar-refractivity contribution < 1.29 is 0 Å². The van der Waals surface area contributed by atoms with Crippen molar-refractivity contribution in [3.05, 3.63) is 16.4 Å². The van der Waals surface area contributed by atoms with Gasteiger partial charge in [0.2, 0.25) is 0 Å². The van der Waals surface area contributed by atoms with Gasteiger partial charge in [0.1, 0.15) is 0 Å². The van der Waals surface area contributed by atoms with Gasteiger partial charge in [-0.3, -0.25) is 9.58 Å². The summed E-state index contributed by atoms with van der Waals surface area (Å²) in [5.74, 6) is 0.623. The minimum absolute atomic E-state index is 0.579. The first kappa shape index (κ1) is 14.8. The Bertz CT molecular complexity index is 429. The van der Waals surface area contributed by atoms with Crippen molar-refractivity contribution in [3.8, 4) is 0 Å². The number of hydrogen-bond acceptors (Lipinski definition) is 3. The van der Waals surface area contributed by atoms with Gasteiger partial charge >= 0.3 is 0 Å². The van der Waals surface area contributed by atoms with Crippen LogP contribution in [-0.4, -0.2) is 33.8 Å². The van der Waals surface area contributed by atoms with Crippen molar-refractivity contribution in [2.24, 2.45) is 11.7 Å². The number of nitrogens with two attached hydrogens (primary N) is 1. The topological polar surface area (TPSA) is 47.1 Å². The summed E-state index contributed by atoms with van der Waals surface area (Å²) in [7, 11) is 0. The van der Waals surface area contributed by atoms with E-state index < -0.39 is 0 Å². The first-order valence-electron chi connectivity index (χ1n) is 7.28. The van der Waals surface area contributed by atoms with E-state index in [0.29, 0.717) is 12.0 Å². The first-order chi connectivity index (χ1) is 9.10. The maximum absolute atomic E-state index is 6.47. The Balaban J connectivity index is 2.17. The molecule has 0 amide bonds. The highest BCUT2D eigenvalue weighted by atomic mass is 35.5. The predicted molar refractivity (Wildman–Crippen MR) is 79.3 cm³/mol. The van der Waals surface area contributed by atoms with E-state index in [0.717, 1.165) is 49.0 Å². The molecule has 0 radical (unpaired) electrons. The molecule has 0 aromatic carbocycles. The lowest BCUT2D eigenvalue weighted by Crippen LogP contribution is -2.28. The van der Waals surface area contributed by atoms with Gasteiger partial charge < -0.3 is 5.73 Å². The van der Waals surface area contributed by atoms with Crippen LogP contribution in [0.1, 0.15) is 38.6 Å². The van der Waals surface area contributed by atoms with E-state index in [2.05, 4.69) is 30.8 Å². The highest BCUT2D eigenvalue weighted by molar-refractivity contribution is 6.31. The molecule has 5 heteroatoms. The summed E-state index contributed by atoms with van der Waals surface area (Å²) in [6.07, 6.45) is 2.08. The number of rotatable bonds is 5. The van der Waals surface area contributed by atoms with Crippen molar-refractivity contribution >= 4 is 11.6 Å². The second-order valence-electron chi connectivity index (χ2n) is 5.49. The van der Waals surface area contributed by atoms with Gasteiger partial charge in [0, 0.05) is 25.7 Å². The number of aryl methyl sites for hydroxylation is 2. The fourth-order valence-corrected chi connectivity index (χ4v) is 3.30. The Morgan fingerprint density at radius 1 is 1.42 bits per heavy atom. The normalized spacial score (nSPS) is 24.3. The molecule has 2 atom stereocenters. The highest BCUT2D eigenvalue weighted by Crippen LogP contribution is 2.28. The van der Waals surface area contributed by atoms with Crippen LogP contribution in [0.5, 0.6) is 0 Å². The van der Waals surface area contributed by atoms with Gasteiger partial charge in [-0.2, -0.15) is 5.10 Å². The summed E-state index contributed by atoms with van der Waals surface area (Å²) in [5.41, 5.74) is 7.97. The fourth-order valence-electron chi connectivity index (χ4n) is 2.97. The quantitative estimate of drug-likeness (QED) is 0.902. The van der Waals surface area contributed by atoms with E-state index in [4.69, 9.17) is 17.3 Å². The average Bonchev–Trinajstić information content (AvgIpc) is 2.92. The van der Waals surface area contributed by atoms with Crippen molar-refractivity contribution in [2.45, 2.75) is 52.7 Å². The SMILES string of the molecule is CCc1nn(CC)c(CN2CC(CN)CC2C)c1Cl. The lowest BCUT2D eigenvalue weighted by atomic mass is 10.1. The minimum Gasteiger partial charge on any atom is -0.330 e. The van der Waals surface area contributed by atoms with E-state index in [1.54, 1.807) is 0 Å². The molecule has 1 aromatic rings. The number of nitrogens with zero attached hydrogens (tertiary/aromatic N) is 3. The van der Waals surface area contributed by atoms with Crippen LogP contribution >= 0.6 is 11.6 Å². The lowest BCUT2D eigenvalue weighted by Gasteiger charge is -2.21. The van der Waals surface area contributed by atoms with Crippen LogP contribution in [0, 0.1) is 5.92 Å². The second-order valence-corrected chi connectivity index (χ2v) is 5.87. The van der Waals surface area contributed by atoms with E-state index in [1.807, 2.05) is 4.68 Å². The van der Waals surface area contributed by atoms with Crippen molar-refractivity contribution in [3.63, 3.8) is 0 Å². The molecule has 1 fully saturated rings. The minimum atomic E-state index is 0.579. The largest absolute Gasteiger partial charge is 0.330 e. The van der Waals surface area contributed by atoms with Crippen LogP contribution in [0.25, 0.3) is 0 Å². The first-order valence-corrected chi connectivity index (χ1v) is 7.66. The molecule has 19 heavy (non-hydrogen) atoms. The maximum Gasteiger partial charge on any atom is 0.0863 e. The monoisotopic (exact) mass is 284 g/mol. The molecule has 2 rings (SSSR count). The summed E-state index contributed by atoms with van der Waals surface area (Å²) in [5, 5.41) is 5.44. The third kappa shape index (κ3) is 2.96. The van der Waals surface area contributed by atoms with Crippen molar-refractivity contribution in [1.82, 2.24) is 14.7 Å². The third-order valence-corrected chi connectivity index (χ3v) is 4.61. The van der Waals surface area contributed by atoms with Gasteiger partial charge in [-0.25, -0.2) is 0 Å². The Morgan fingerprint density at radius 3 is 2.68 bits per heavy atom. The second kappa shape index (κ2) is 6.25. The summed E-state index contributed by atoms with van der Waals surface area (Å²) in [6, 6.07) is 0.579. The summed E-state index contributed by atoms with van der Waals surface area (Å²) >= 11 is 6.47. The summed E-state index contributed by atoms with van der Waals surface area (Å²) in [6.45, 7) is 10.1. The van der Waals surface area contributed by atoms with Crippen LogP contribution in [0.3, 0.4) is 0 Å². The predicted octanol–water partition coefficient (Wildman–Crippen LogP) is 2.29. The van der Waals surface area contributed by atoms with Crippen LogP contribution in [-0.2, 0) is 19.5 Å². The molecule has 108 valence electrons. The Kier molecular flexibility index (Phi) is 4.87. The van der Waals surface area contributed by atoms with Gasteiger partial charge in [-0.05, 0) is 39.2 Å². The van der Waals surface area contributed by atoms with Crippen LogP contribution in [0.15, 0.2) is 0 Å². The Morgan fingerprint density at radius 2 is 2.16 bits per heavy atom. The zero-order chi connectivity index (χ0) is 14.0. The zero-order valence-electron chi connectivity index (χ0n) is 12.2. The number of aromatic nitrogens is 2. The highest BCUT2D eigenvalue weighted by Gasteiger charge is 2.29. The molecule has 2 unspecified atom stereocenters. The van der Waals surface area contributed by atoms with Gasteiger partial charge in [0.05, 0.1) is 16.4 Å². The molecular formula is C14H25ClN4. The van der Waals surface area contributed by atoms with Crippen LogP contribution < -0.4 is 5.73 Å². The molecule has 0 bridgehead atoms. The molecule has 1 saturated heterocycles. The van der Waals surface area contributed by atoms with E-state index >= 15 is 0 Å². The zero-order valence-corrected chi connectivity index (χ0v) is 13.0. The molecule has 4 nitrogen and oxygen atoms in total. The number of likely N-dealkylation sites (tertiary alicyclic amines) is 1. The van der Waals surface area contributed by atoms with Gasteiger partial charge in [-0.15, -0.1) is 0 Å². The fraction of sp³-hybridized carbons (Fsp3) is 0.786. The standard InChI is InChI=1S/C14H25ClN4/c1-4-12-14(15)13(19(5-2)17-12)9-18-8-11(7-16)6-10(18)3/h10-11H,4-9,16H2,1-3H3. The molecule has 1 aliphatic rings. The smallest absolute Gasteiger partial charge is 0.0863 e. The van der Waals surface area contributed by atoms with Crippen LogP contribution in [0.4, 0.5) is 0 Å². The summed E-state index contributed by atoms with van der Waals surface area (Å²) in [4.78, 5) is 2.48. The molecular weight excluding hydrogens is 260 g/mol. The molecule has 0 saturated carbocycles. The number of halogens is 1. The summed E-state index contributed by atoms with van der Waals surface area (Å²) < 4.78 is 2.05. The number of hydrogen-bond donors (Lipinski definition) is 1. The van der Waals surface area contributed by atoms with E-state index in [-0.39, 0.29) is 0 Å². The van der Waals surface area contributed by atoms with Gasteiger partial charge in [-0.1, -0.05) is 18.5 Å². The molecule has 2 N–H and O–H groups in total. The van der Waals surface area contributed by atoms with Crippen molar-refractivity contribution in [1.29, 1.82) is 0 Å². The molecule has 1 aromatic heterocycles. The lowest BCUT2D eigenvalue weighted by molar-refractivity contribution is 0.248. The van der Waals surface area contributed by atoms with Gasteiger partial charge in [0.15, 0.2) is 0 Å². The molecule has 2 heterocycles. The molecule has 0 spiro atoms. The molecule has 1 aliphatic heterocycles. The average molecular weight is 285 g/mol. The Labute approximate surface area is 120 Å². The van der Waals surface area contributed by atoms with E-state index in [9.17, 15) is 0 Å². The maximum atomic E-state index is 6.47. The van der Waals surface area contributed by atoms with E-state index in [1.165, 1.54) is 6.42 Å². The Hall–Kier alpha value is -0.580.